The molecule has 3 N–H and O–H groups in total. The van der Waals surface area contributed by atoms with Gasteiger partial charge in [0, 0.05) is 12.1 Å². The lowest BCUT2D eigenvalue weighted by Crippen LogP contribution is -2.26. The molecule has 0 atom stereocenters. The minimum Gasteiger partial charge on any atom is -0.350 e. The van der Waals surface area contributed by atoms with Crippen LogP contribution in [0.3, 0.4) is 0 Å². The van der Waals surface area contributed by atoms with Gasteiger partial charge in [-0.3, -0.25) is 10.1 Å². The number of hydrogen-bond acceptors (Lipinski definition) is 4. The van der Waals surface area contributed by atoms with Crippen molar-refractivity contribution in [2.75, 3.05) is 0 Å². The van der Waals surface area contributed by atoms with E-state index in [2.05, 4.69) is 10.5 Å². The number of amides is 2. The lowest BCUT2D eigenvalue weighted by Gasteiger charge is -2.07. The third-order valence-electron chi connectivity index (χ3n) is 3.43. The molecule has 0 saturated carbocycles. The van der Waals surface area contributed by atoms with Crippen LogP contribution in [0, 0.1) is 10.1 Å². The summed E-state index contributed by atoms with van der Waals surface area (Å²) in [6, 6.07) is 15.3. The highest BCUT2D eigenvalue weighted by atomic mass is 16.6. The van der Waals surface area contributed by atoms with Crippen LogP contribution < -0.4 is 11.2 Å². The van der Waals surface area contributed by atoms with Crippen molar-refractivity contribution in [3.63, 3.8) is 0 Å². The number of carbonyl (C=O) groups excluding carboxylic acids is 1. The number of rotatable bonds is 7. The molecule has 0 saturated heterocycles. The van der Waals surface area contributed by atoms with Crippen LogP contribution in [0.2, 0.25) is 0 Å². The van der Waals surface area contributed by atoms with Gasteiger partial charge < -0.3 is 5.73 Å². The molecule has 7 heteroatoms. The molecule has 0 fully saturated rings. The van der Waals surface area contributed by atoms with Gasteiger partial charge in [-0.1, -0.05) is 42.5 Å². The van der Waals surface area contributed by atoms with Crippen LogP contribution in [0.5, 0.6) is 0 Å². The summed E-state index contributed by atoms with van der Waals surface area (Å²) in [5.41, 5.74) is 10.1. The van der Waals surface area contributed by atoms with Crippen LogP contribution in [0.1, 0.15) is 24.0 Å². The van der Waals surface area contributed by atoms with Gasteiger partial charge in [0.05, 0.1) is 10.6 Å². The SMILES string of the molecule is NC(=O)NN=C(CCCc1ccc([N+](=O)[O-])cc1)c1ccccc1. The molecule has 0 unspecified atom stereocenters. The second-order valence-corrected chi connectivity index (χ2v) is 5.18. The number of non-ortho nitro benzene ring substituents is 1. The first-order valence-corrected chi connectivity index (χ1v) is 7.47. The number of primary amides is 1. The van der Waals surface area contributed by atoms with Crippen molar-refractivity contribution in [1.29, 1.82) is 0 Å². The van der Waals surface area contributed by atoms with Crippen LogP contribution in [-0.2, 0) is 6.42 Å². The molecule has 0 spiro atoms. The minimum atomic E-state index is -0.709. The number of aryl methyl sites for hydroxylation is 1. The summed E-state index contributed by atoms with van der Waals surface area (Å²) in [4.78, 5) is 21.1. The summed E-state index contributed by atoms with van der Waals surface area (Å²) in [6.07, 6.45) is 2.17. The third-order valence-corrected chi connectivity index (χ3v) is 3.43. The largest absolute Gasteiger partial charge is 0.350 e. The highest BCUT2D eigenvalue weighted by Gasteiger charge is 2.06. The molecule has 0 aliphatic heterocycles. The van der Waals surface area contributed by atoms with Gasteiger partial charge in [0.25, 0.3) is 5.69 Å². The molecule has 0 aliphatic rings. The Labute approximate surface area is 139 Å². The van der Waals surface area contributed by atoms with E-state index >= 15 is 0 Å². The number of nitrogens with one attached hydrogen (secondary N) is 1. The van der Waals surface area contributed by atoms with Crippen LogP contribution in [-0.4, -0.2) is 16.7 Å². The van der Waals surface area contributed by atoms with Crippen molar-refractivity contribution in [2.24, 2.45) is 10.8 Å². The highest BCUT2D eigenvalue weighted by Crippen LogP contribution is 2.15. The van der Waals surface area contributed by atoms with Gasteiger partial charge in [-0.2, -0.15) is 5.10 Å². The van der Waals surface area contributed by atoms with Crippen LogP contribution >= 0.6 is 0 Å². The highest BCUT2D eigenvalue weighted by molar-refractivity contribution is 6.00. The van der Waals surface area contributed by atoms with E-state index in [-0.39, 0.29) is 5.69 Å². The fourth-order valence-corrected chi connectivity index (χ4v) is 2.26. The summed E-state index contributed by atoms with van der Waals surface area (Å²) in [6.45, 7) is 0. The van der Waals surface area contributed by atoms with E-state index in [1.807, 2.05) is 30.3 Å². The zero-order valence-corrected chi connectivity index (χ0v) is 13.0. The Morgan fingerprint density at radius 1 is 1.12 bits per heavy atom. The van der Waals surface area contributed by atoms with E-state index in [9.17, 15) is 14.9 Å². The number of urea groups is 1. The number of benzene rings is 2. The van der Waals surface area contributed by atoms with Crippen molar-refractivity contribution < 1.29 is 9.72 Å². The lowest BCUT2D eigenvalue weighted by molar-refractivity contribution is -0.384. The van der Waals surface area contributed by atoms with Crippen molar-refractivity contribution in [3.05, 3.63) is 75.8 Å². The summed E-state index contributed by atoms with van der Waals surface area (Å²) >= 11 is 0. The molecule has 124 valence electrons. The second kappa shape index (κ2) is 8.42. The maximum Gasteiger partial charge on any atom is 0.332 e. The van der Waals surface area contributed by atoms with Crippen molar-refractivity contribution in [3.8, 4) is 0 Å². The van der Waals surface area contributed by atoms with Crippen molar-refractivity contribution >= 4 is 17.4 Å². The Hall–Kier alpha value is -3.22. The monoisotopic (exact) mass is 326 g/mol. The predicted molar refractivity (Wildman–Crippen MR) is 91.7 cm³/mol. The summed E-state index contributed by atoms with van der Waals surface area (Å²) in [5.74, 6) is 0. The Balaban J connectivity index is 1.99. The molecule has 24 heavy (non-hydrogen) atoms. The summed E-state index contributed by atoms with van der Waals surface area (Å²) < 4.78 is 0. The van der Waals surface area contributed by atoms with E-state index in [0.717, 1.165) is 29.7 Å². The Morgan fingerprint density at radius 3 is 2.38 bits per heavy atom. The van der Waals surface area contributed by atoms with Gasteiger partial charge in [-0.05, 0) is 30.4 Å². The molecule has 2 aromatic rings. The number of nitrogens with zero attached hydrogens (tertiary/aromatic N) is 2. The average molecular weight is 326 g/mol. The second-order valence-electron chi connectivity index (χ2n) is 5.18. The minimum absolute atomic E-state index is 0.0796. The number of carbonyl (C=O) groups is 1. The average Bonchev–Trinajstić information content (AvgIpc) is 2.59. The number of nitro benzene ring substituents is 1. The zero-order valence-electron chi connectivity index (χ0n) is 13.0. The quantitative estimate of drug-likeness (QED) is 0.463. The molecule has 0 aromatic heterocycles. The van der Waals surface area contributed by atoms with E-state index < -0.39 is 11.0 Å². The summed E-state index contributed by atoms with van der Waals surface area (Å²) in [5, 5.41) is 14.7. The maximum atomic E-state index is 10.9. The van der Waals surface area contributed by atoms with Crippen LogP contribution in [0.15, 0.2) is 59.7 Å². The fraction of sp³-hybridized carbons (Fsp3) is 0.176. The predicted octanol–water partition coefficient (Wildman–Crippen LogP) is 2.99. The molecule has 2 rings (SSSR count). The molecule has 0 heterocycles. The van der Waals surface area contributed by atoms with E-state index in [4.69, 9.17) is 5.73 Å². The van der Waals surface area contributed by atoms with Crippen LogP contribution in [0.25, 0.3) is 0 Å². The van der Waals surface area contributed by atoms with Gasteiger partial charge in [0.15, 0.2) is 0 Å². The molecular weight excluding hydrogens is 308 g/mol. The molecule has 0 aliphatic carbocycles. The maximum absolute atomic E-state index is 10.9. The Bertz CT molecular complexity index is 727. The van der Waals surface area contributed by atoms with Crippen LogP contribution in [0.4, 0.5) is 10.5 Å². The molecule has 2 aromatic carbocycles. The Morgan fingerprint density at radius 2 is 1.79 bits per heavy atom. The number of hydrogen-bond donors (Lipinski definition) is 2. The molecule has 0 bridgehead atoms. The lowest BCUT2D eigenvalue weighted by atomic mass is 10.0. The first-order valence-electron chi connectivity index (χ1n) is 7.47. The van der Waals surface area contributed by atoms with Gasteiger partial charge in [0.1, 0.15) is 0 Å². The topological polar surface area (TPSA) is 111 Å². The number of hydrazone groups is 1. The number of nitro groups is 1. The van der Waals surface area contributed by atoms with E-state index in [1.165, 1.54) is 12.1 Å². The van der Waals surface area contributed by atoms with E-state index in [0.29, 0.717) is 6.42 Å². The molecule has 0 radical (unpaired) electrons. The van der Waals surface area contributed by atoms with Gasteiger partial charge >= 0.3 is 6.03 Å². The van der Waals surface area contributed by atoms with E-state index in [1.54, 1.807) is 12.1 Å². The van der Waals surface area contributed by atoms with Crippen molar-refractivity contribution in [1.82, 2.24) is 5.43 Å². The van der Waals surface area contributed by atoms with Gasteiger partial charge in [0.2, 0.25) is 0 Å². The standard InChI is InChI=1S/C17H18N4O3/c18-17(22)20-19-16(14-6-2-1-3-7-14)8-4-5-13-9-11-15(12-10-13)21(23)24/h1-3,6-7,9-12H,4-5,8H2,(H3,18,20,22). The molecular formula is C17H18N4O3. The zero-order chi connectivity index (χ0) is 17.4. The smallest absolute Gasteiger partial charge is 0.332 e. The normalized spacial score (nSPS) is 11.1. The summed E-state index contributed by atoms with van der Waals surface area (Å²) in [7, 11) is 0. The molecule has 2 amide bonds. The first-order chi connectivity index (χ1) is 11.6. The third kappa shape index (κ3) is 5.20. The Kier molecular flexibility index (Phi) is 6.01. The first kappa shape index (κ1) is 17.1. The van der Waals surface area contributed by atoms with Crippen molar-refractivity contribution in [2.45, 2.75) is 19.3 Å². The fourth-order valence-electron chi connectivity index (χ4n) is 2.26. The number of nitrogens with two attached hydrogens (primary N) is 1. The van der Waals surface area contributed by atoms with Gasteiger partial charge in [-0.15, -0.1) is 0 Å². The molecule has 7 nitrogen and oxygen atoms in total. The van der Waals surface area contributed by atoms with Gasteiger partial charge in [-0.25, -0.2) is 10.2 Å².